The number of hydrogen-bond acceptors (Lipinski definition) is 5. The van der Waals surface area contributed by atoms with E-state index < -0.39 is 17.7 Å². The number of aliphatic hydroxyl groups excluding tert-OH is 1. The van der Waals surface area contributed by atoms with E-state index in [1.54, 1.807) is 43.5 Å². The number of aliphatic hydroxyl groups is 1. The Morgan fingerprint density at radius 3 is 2.57 bits per heavy atom. The number of pyridine rings is 1. The molecule has 1 saturated heterocycles. The first-order valence-corrected chi connectivity index (χ1v) is 9.69. The van der Waals surface area contributed by atoms with Crippen molar-refractivity contribution in [2.45, 2.75) is 33.4 Å². The second-order valence-electron chi connectivity index (χ2n) is 7.51. The highest BCUT2D eigenvalue weighted by atomic mass is 16.3. The maximum atomic E-state index is 13.0. The van der Waals surface area contributed by atoms with E-state index >= 15 is 0 Å². The molecule has 1 atom stereocenters. The molecule has 3 aromatic rings. The molecule has 1 aliphatic heterocycles. The normalized spacial score (nSPS) is 18.2. The van der Waals surface area contributed by atoms with Gasteiger partial charge in [-0.15, -0.1) is 0 Å². The van der Waals surface area contributed by atoms with Gasteiger partial charge in [0.1, 0.15) is 23.3 Å². The Bertz CT molecular complexity index is 1160. The van der Waals surface area contributed by atoms with Gasteiger partial charge in [-0.05, 0) is 56.7 Å². The van der Waals surface area contributed by atoms with Crippen LogP contribution in [-0.4, -0.2) is 26.7 Å². The van der Waals surface area contributed by atoms with Crippen LogP contribution in [0.2, 0.25) is 0 Å². The number of amides is 1. The van der Waals surface area contributed by atoms with Crippen molar-refractivity contribution in [1.82, 2.24) is 9.88 Å². The molecule has 0 bridgehead atoms. The molecular weight excluding hydrogens is 380 g/mol. The summed E-state index contributed by atoms with van der Waals surface area (Å²) in [4.78, 5) is 31.7. The molecular formula is C24H22N2O4. The van der Waals surface area contributed by atoms with Gasteiger partial charge in [0.15, 0.2) is 0 Å². The molecule has 1 amide bonds. The number of carbonyl (C=O) groups is 2. The predicted octanol–water partition coefficient (Wildman–Crippen LogP) is 4.22. The fourth-order valence-electron chi connectivity index (χ4n) is 3.74. The van der Waals surface area contributed by atoms with Gasteiger partial charge in [-0.1, -0.05) is 23.8 Å². The van der Waals surface area contributed by atoms with E-state index in [2.05, 4.69) is 4.98 Å². The summed E-state index contributed by atoms with van der Waals surface area (Å²) in [5.74, 6) is -0.540. The molecule has 1 fully saturated rings. The zero-order chi connectivity index (χ0) is 21.4. The van der Waals surface area contributed by atoms with Gasteiger partial charge in [-0.3, -0.25) is 14.6 Å². The Balaban J connectivity index is 1.89. The fraction of sp³-hybridized carbons (Fsp3) is 0.208. The van der Waals surface area contributed by atoms with E-state index in [9.17, 15) is 14.7 Å². The van der Waals surface area contributed by atoms with Crippen molar-refractivity contribution < 1.29 is 19.1 Å². The summed E-state index contributed by atoms with van der Waals surface area (Å²) in [6.45, 7) is 5.67. The molecule has 152 valence electrons. The van der Waals surface area contributed by atoms with Crippen LogP contribution in [-0.2, 0) is 16.1 Å². The topological polar surface area (TPSA) is 83.6 Å². The summed E-state index contributed by atoms with van der Waals surface area (Å²) < 4.78 is 5.79. The SMILES string of the molecule is Cc1ccc(C)c(/C(O)=C2\C(=O)C(=O)N(Cc3ccccn3)C2c2ccc(C)o2)c1. The van der Waals surface area contributed by atoms with Crippen molar-refractivity contribution in [3.8, 4) is 0 Å². The Labute approximate surface area is 174 Å². The van der Waals surface area contributed by atoms with E-state index in [4.69, 9.17) is 4.42 Å². The Morgan fingerprint density at radius 1 is 1.10 bits per heavy atom. The fourth-order valence-corrected chi connectivity index (χ4v) is 3.74. The molecule has 2 aromatic heterocycles. The van der Waals surface area contributed by atoms with Crippen LogP contribution in [0.15, 0.2) is 64.7 Å². The summed E-state index contributed by atoms with van der Waals surface area (Å²) in [7, 11) is 0. The maximum absolute atomic E-state index is 13.0. The molecule has 0 aliphatic carbocycles. The number of hydrogen-bond donors (Lipinski definition) is 1. The van der Waals surface area contributed by atoms with Crippen LogP contribution in [0.25, 0.3) is 5.76 Å². The monoisotopic (exact) mass is 402 g/mol. The molecule has 6 nitrogen and oxygen atoms in total. The van der Waals surface area contributed by atoms with Crippen molar-refractivity contribution in [3.63, 3.8) is 0 Å². The van der Waals surface area contributed by atoms with Gasteiger partial charge >= 0.3 is 0 Å². The molecule has 1 aliphatic rings. The highest BCUT2D eigenvalue weighted by molar-refractivity contribution is 6.46. The molecule has 1 N–H and O–H groups in total. The molecule has 30 heavy (non-hydrogen) atoms. The third-order valence-corrected chi connectivity index (χ3v) is 5.28. The van der Waals surface area contributed by atoms with Crippen LogP contribution in [0.3, 0.4) is 0 Å². The summed E-state index contributed by atoms with van der Waals surface area (Å²) >= 11 is 0. The number of rotatable bonds is 4. The lowest BCUT2D eigenvalue weighted by Crippen LogP contribution is -2.29. The third-order valence-electron chi connectivity index (χ3n) is 5.28. The average molecular weight is 402 g/mol. The summed E-state index contributed by atoms with van der Waals surface area (Å²) in [5, 5.41) is 11.2. The first-order chi connectivity index (χ1) is 14.4. The minimum absolute atomic E-state index is 0.0268. The van der Waals surface area contributed by atoms with Crippen LogP contribution in [0, 0.1) is 20.8 Å². The van der Waals surface area contributed by atoms with Crippen molar-refractivity contribution in [1.29, 1.82) is 0 Å². The molecule has 1 aromatic carbocycles. The molecule has 6 heteroatoms. The van der Waals surface area contributed by atoms with E-state index in [0.717, 1.165) is 11.1 Å². The molecule has 3 heterocycles. The number of likely N-dealkylation sites (tertiary alicyclic amines) is 1. The summed E-state index contributed by atoms with van der Waals surface area (Å²) in [6.07, 6.45) is 1.63. The summed E-state index contributed by atoms with van der Waals surface area (Å²) in [6, 6.07) is 13.7. The third kappa shape index (κ3) is 3.41. The molecule has 0 saturated carbocycles. The molecule has 4 rings (SSSR count). The minimum Gasteiger partial charge on any atom is -0.507 e. The quantitative estimate of drug-likeness (QED) is 0.401. The molecule has 0 radical (unpaired) electrons. The van der Waals surface area contributed by atoms with Crippen LogP contribution in [0.1, 0.15) is 39.9 Å². The van der Waals surface area contributed by atoms with Gasteiger partial charge in [0.25, 0.3) is 11.7 Å². The lowest BCUT2D eigenvalue weighted by Gasteiger charge is -2.23. The number of ketones is 1. The second kappa shape index (κ2) is 7.63. The average Bonchev–Trinajstić information content (AvgIpc) is 3.26. The van der Waals surface area contributed by atoms with E-state index in [0.29, 0.717) is 22.8 Å². The highest BCUT2D eigenvalue weighted by Crippen LogP contribution is 2.41. The van der Waals surface area contributed by atoms with Gasteiger partial charge in [-0.2, -0.15) is 0 Å². The zero-order valence-electron chi connectivity index (χ0n) is 17.0. The summed E-state index contributed by atoms with van der Waals surface area (Å²) in [5.41, 5.74) is 2.94. The number of carbonyl (C=O) groups excluding carboxylic acids is 2. The minimum atomic E-state index is -0.833. The second-order valence-corrected chi connectivity index (χ2v) is 7.51. The van der Waals surface area contributed by atoms with Gasteiger partial charge in [0.05, 0.1) is 17.8 Å². The molecule has 1 unspecified atom stereocenters. The number of aryl methyl sites for hydroxylation is 3. The first kappa shape index (κ1) is 19.6. The number of benzene rings is 1. The van der Waals surface area contributed by atoms with Crippen molar-refractivity contribution in [3.05, 3.63) is 94.2 Å². The smallest absolute Gasteiger partial charge is 0.296 e. The first-order valence-electron chi connectivity index (χ1n) is 9.69. The number of Topliss-reactive ketones (excluding diaryl/α,β-unsaturated/α-hetero) is 1. The van der Waals surface area contributed by atoms with E-state index in [1.807, 2.05) is 32.0 Å². The Morgan fingerprint density at radius 2 is 1.90 bits per heavy atom. The lowest BCUT2D eigenvalue weighted by atomic mass is 9.96. The van der Waals surface area contributed by atoms with Crippen LogP contribution in [0.5, 0.6) is 0 Å². The van der Waals surface area contributed by atoms with Crippen molar-refractivity contribution in [2.75, 3.05) is 0 Å². The van der Waals surface area contributed by atoms with Gasteiger partial charge in [-0.25, -0.2) is 0 Å². The number of nitrogens with zero attached hydrogens (tertiary/aromatic N) is 2. The van der Waals surface area contributed by atoms with Crippen LogP contribution < -0.4 is 0 Å². The zero-order valence-corrected chi connectivity index (χ0v) is 17.0. The predicted molar refractivity (Wildman–Crippen MR) is 111 cm³/mol. The van der Waals surface area contributed by atoms with Crippen LogP contribution in [0.4, 0.5) is 0 Å². The van der Waals surface area contributed by atoms with Gasteiger partial charge < -0.3 is 14.4 Å². The van der Waals surface area contributed by atoms with Gasteiger partial charge in [0, 0.05) is 11.8 Å². The molecule has 0 spiro atoms. The van der Waals surface area contributed by atoms with Crippen LogP contribution >= 0.6 is 0 Å². The van der Waals surface area contributed by atoms with Crippen molar-refractivity contribution in [2.24, 2.45) is 0 Å². The maximum Gasteiger partial charge on any atom is 0.296 e. The van der Waals surface area contributed by atoms with Gasteiger partial charge in [0.2, 0.25) is 0 Å². The number of aromatic nitrogens is 1. The standard InChI is InChI=1S/C24H22N2O4/c1-14-7-8-15(2)18(12-14)22(27)20-21(19-10-9-16(3)30-19)26(24(29)23(20)28)13-17-6-4-5-11-25-17/h4-12,21,27H,13H2,1-3H3/b22-20+. The Kier molecular flexibility index (Phi) is 4.99. The highest BCUT2D eigenvalue weighted by Gasteiger charge is 2.47. The Hall–Kier alpha value is -3.67. The number of furan rings is 1. The lowest BCUT2D eigenvalue weighted by molar-refractivity contribution is -0.140. The van der Waals surface area contributed by atoms with E-state index in [1.165, 1.54) is 4.90 Å². The van der Waals surface area contributed by atoms with Crippen molar-refractivity contribution >= 4 is 17.4 Å². The van der Waals surface area contributed by atoms with E-state index in [-0.39, 0.29) is 17.9 Å². The largest absolute Gasteiger partial charge is 0.507 e.